The number of carbonyl (C=O) groups is 1. The SMILES string of the molecule is CC(C)(C)OC(=O)CC1CC(O)C1. The minimum atomic E-state index is -0.389. The molecule has 0 aliphatic heterocycles. The van der Waals surface area contributed by atoms with E-state index in [2.05, 4.69) is 0 Å². The number of hydrogen-bond donors (Lipinski definition) is 1. The lowest BCUT2D eigenvalue weighted by Crippen LogP contribution is -2.32. The van der Waals surface area contributed by atoms with Crippen molar-refractivity contribution in [3.63, 3.8) is 0 Å². The lowest BCUT2D eigenvalue weighted by molar-refractivity contribution is -0.157. The molecule has 1 saturated carbocycles. The standard InChI is InChI=1S/C10H18O3/c1-10(2,3)13-9(12)6-7-4-8(11)5-7/h7-8,11H,4-6H2,1-3H3. The highest BCUT2D eigenvalue weighted by atomic mass is 16.6. The number of aliphatic hydroxyl groups excluding tert-OH is 1. The summed E-state index contributed by atoms with van der Waals surface area (Å²) < 4.78 is 5.16. The van der Waals surface area contributed by atoms with E-state index in [-0.39, 0.29) is 17.7 Å². The van der Waals surface area contributed by atoms with E-state index in [1.807, 2.05) is 20.8 Å². The lowest BCUT2D eigenvalue weighted by Gasteiger charge is -2.31. The Morgan fingerprint density at radius 2 is 2.00 bits per heavy atom. The monoisotopic (exact) mass is 186 g/mol. The molecule has 0 aromatic carbocycles. The van der Waals surface area contributed by atoms with Gasteiger partial charge in [0.25, 0.3) is 0 Å². The summed E-state index contributed by atoms with van der Waals surface area (Å²) in [5.74, 6) is 0.189. The fourth-order valence-electron chi connectivity index (χ4n) is 1.49. The van der Waals surface area contributed by atoms with Crippen molar-refractivity contribution in [2.24, 2.45) is 5.92 Å². The fraction of sp³-hybridized carbons (Fsp3) is 0.900. The van der Waals surface area contributed by atoms with Gasteiger partial charge in [-0.15, -0.1) is 0 Å². The number of ether oxygens (including phenoxy) is 1. The van der Waals surface area contributed by atoms with Crippen molar-refractivity contribution < 1.29 is 14.6 Å². The van der Waals surface area contributed by atoms with E-state index in [1.165, 1.54) is 0 Å². The number of rotatable bonds is 2. The molecule has 0 atom stereocenters. The highest BCUT2D eigenvalue weighted by Crippen LogP contribution is 2.30. The molecule has 1 aliphatic carbocycles. The Morgan fingerprint density at radius 3 is 2.38 bits per heavy atom. The summed E-state index contributed by atoms with van der Waals surface area (Å²) in [7, 11) is 0. The molecule has 0 aromatic rings. The first-order valence-electron chi connectivity index (χ1n) is 4.77. The van der Waals surface area contributed by atoms with Crippen molar-refractivity contribution in [2.75, 3.05) is 0 Å². The van der Waals surface area contributed by atoms with Crippen LogP contribution in [0.2, 0.25) is 0 Å². The minimum Gasteiger partial charge on any atom is -0.460 e. The zero-order chi connectivity index (χ0) is 10.1. The number of aliphatic hydroxyl groups is 1. The molecule has 1 fully saturated rings. The largest absolute Gasteiger partial charge is 0.460 e. The molecule has 0 heterocycles. The van der Waals surface area contributed by atoms with Crippen molar-refractivity contribution in [2.45, 2.75) is 51.7 Å². The Balaban J connectivity index is 2.19. The van der Waals surface area contributed by atoms with Gasteiger partial charge in [-0.1, -0.05) is 0 Å². The number of carbonyl (C=O) groups excluding carboxylic acids is 1. The summed E-state index contributed by atoms with van der Waals surface area (Å²) in [5, 5.41) is 9.01. The van der Waals surface area contributed by atoms with Crippen LogP contribution in [0.15, 0.2) is 0 Å². The average Bonchev–Trinajstić information content (AvgIpc) is 1.79. The molecule has 0 amide bonds. The Labute approximate surface area is 79.1 Å². The second-order valence-corrected chi connectivity index (χ2v) is 4.78. The highest BCUT2D eigenvalue weighted by Gasteiger charge is 2.30. The quantitative estimate of drug-likeness (QED) is 0.664. The minimum absolute atomic E-state index is 0.149. The van der Waals surface area contributed by atoms with E-state index in [9.17, 15) is 4.79 Å². The summed E-state index contributed by atoms with van der Waals surface area (Å²) in [6.45, 7) is 5.58. The van der Waals surface area contributed by atoms with Crippen LogP contribution in [0, 0.1) is 5.92 Å². The molecule has 1 N–H and O–H groups in total. The Bertz CT molecular complexity index is 187. The summed E-state index contributed by atoms with van der Waals surface area (Å²) in [6, 6.07) is 0. The topological polar surface area (TPSA) is 46.5 Å². The van der Waals surface area contributed by atoms with Crippen LogP contribution in [-0.4, -0.2) is 22.8 Å². The van der Waals surface area contributed by atoms with E-state index < -0.39 is 0 Å². The molecule has 76 valence electrons. The van der Waals surface area contributed by atoms with E-state index in [1.54, 1.807) is 0 Å². The Hall–Kier alpha value is -0.570. The molecule has 13 heavy (non-hydrogen) atoms. The second-order valence-electron chi connectivity index (χ2n) is 4.78. The van der Waals surface area contributed by atoms with Crippen LogP contribution >= 0.6 is 0 Å². The molecule has 0 radical (unpaired) electrons. The van der Waals surface area contributed by atoms with Gasteiger partial charge in [0.15, 0.2) is 0 Å². The van der Waals surface area contributed by atoms with Gasteiger partial charge in [0, 0.05) is 6.42 Å². The second kappa shape index (κ2) is 3.66. The van der Waals surface area contributed by atoms with Gasteiger partial charge >= 0.3 is 5.97 Å². The van der Waals surface area contributed by atoms with Gasteiger partial charge in [0.2, 0.25) is 0 Å². The molecular weight excluding hydrogens is 168 g/mol. The van der Waals surface area contributed by atoms with Crippen LogP contribution < -0.4 is 0 Å². The fourth-order valence-corrected chi connectivity index (χ4v) is 1.49. The molecule has 0 spiro atoms. The third kappa shape index (κ3) is 3.77. The highest BCUT2D eigenvalue weighted by molar-refractivity contribution is 5.70. The maximum atomic E-state index is 11.3. The van der Waals surface area contributed by atoms with Crippen LogP contribution in [0.25, 0.3) is 0 Å². The molecular formula is C10H18O3. The van der Waals surface area contributed by atoms with Gasteiger partial charge in [0.05, 0.1) is 6.10 Å². The maximum Gasteiger partial charge on any atom is 0.306 e. The molecule has 0 aromatic heterocycles. The summed E-state index contributed by atoms with van der Waals surface area (Å²) in [5.41, 5.74) is -0.389. The predicted octanol–water partition coefficient (Wildman–Crippen LogP) is 1.49. The van der Waals surface area contributed by atoms with Crippen molar-refractivity contribution in [1.82, 2.24) is 0 Å². The van der Waals surface area contributed by atoms with Gasteiger partial charge in [-0.3, -0.25) is 4.79 Å². The van der Waals surface area contributed by atoms with E-state index in [0.717, 1.165) is 12.8 Å². The molecule has 1 aliphatic rings. The molecule has 3 nitrogen and oxygen atoms in total. The maximum absolute atomic E-state index is 11.3. The van der Waals surface area contributed by atoms with Gasteiger partial charge in [0.1, 0.15) is 5.60 Å². The smallest absolute Gasteiger partial charge is 0.306 e. The van der Waals surface area contributed by atoms with Crippen LogP contribution in [0.1, 0.15) is 40.0 Å². The number of esters is 1. The summed E-state index contributed by atoms with van der Waals surface area (Å²) >= 11 is 0. The van der Waals surface area contributed by atoms with Gasteiger partial charge in [-0.2, -0.15) is 0 Å². The molecule has 3 heteroatoms. The Kier molecular flexibility index (Phi) is 2.96. The van der Waals surface area contributed by atoms with Crippen molar-refractivity contribution in [3.8, 4) is 0 Å². The van der Waals surface area contributed by atoms with Crippen molar-refractivity contribution in [1.29, 1.82) is 0 Å². The molecule has 1 rings (SSSR count). The first-order chi connectivity index (χ1) is 5.87. The van der Waals surface area contributed by atoms with Crippen LogP contribution in [0.4, 0.5) is 0 Å². The zero-order valence-corrected chi connectivity index (χ0v) is 8.54. The first-order valence-corrected chi connectivity index (χ1v) is 4.77. The van der Waals surface area contributed by atoms with Crippen molar-refractivity contribution >= 4 is 5.97 Å². The number of hydrogen-bond acceptors (Lipinski definition) is 3. The van der Waals surface area contributed by atoms with Gasteiger partial charge in [-0.05, 0) is 39.5 Å². The average molecular weight is 186 g/mol. The first kappa shape index (κ1) is 10.5. The van der Waals surface area contributed by atoms with E-state index in [4.69, 9.17) is 9.84 Å². The van der Waals surface area contributed by atoms with Gasteiger partial charge < -0.3 is 9.84 Å². The third-order valence-corrected chi connectivity index (χ3v) is 2.09. The van der Waals surface area contributed by atoms with Crippen LogP contribution in [0.5, 0.6) is 0 Å². The van der Waals surface area contributed by atoms with Crippen molar-refractivity contribution in [3.05, 3.63) is 0 Å². The predicted molar refractivity (Wildman–Crippen MR) is 49.2 cm³/mol. The summed E-state index contributed by atoms with van der Waals surface area (Å²) in [4.78, 5) is 11.3. The van der Waals surface area contributed by atoms with Crippen LogP contribution in [-0.2, 0) is 9.53 Å². The lowest BCUT2D eigenvalue weighted by atomic mass is 9.80. The normalized spacial score (nSPS) is 28.0. The van der Waals surface area contributed by atoms with E-state index >= 15 is 0 Å². The Morgan fingerprint density at radius 1 is 1.46 bits per heavy atom. The van der Waals surface area contributed by atoms with Gasteiger partial charge in [-0.25, -0.2) is 0 Å². The molecule has 0 bridgehead atoms. The molecule has 0 unspecified atom stereocenters. The third-order valence-electron chi connectivity index (χ3n) is 2.09. The molecule has 0 saturated heterocycles. The summed E-state index contributed by atoms with van der Waals surface area (Å²) in [6.07, 6.45) is 1.76. The van der Waals surface area contributed by atoms with Crippen LogP contribution in [0.3, 0.4) is 0 Å². The zero-order valence-electron chi connectivity index (χ0n) is 8.54. The van der Waals surface area contributed by atoms with E-state index in [0.29, 0.717) is 12.3 Å².